The van der Waals surface area contributed by atoms with Crippen molar-refractivity contribution < 1.29 is 49.9 Å². The summed E-state index contributed by atoms with van der Waals surface area (Å²) >= 11 is 0. The lowest BCUT2D eigenvalue weighted by atomic mass is 9.87. The molecule has 1 unspecified atom stereocenters. The number of rotatable bonds is 17. The Hall–Kier alpha value is -6.41. The lowest BCUT2D eigenvalue weighted by Gasteiger charge is -2.37. The van der Waals surface area contributed by atoms with Crippen LogP contribution >= 0.6 is 0 Å². The van der Waals surface area contributed by atoms with Crippen molar-refractivity contribution in [1.82, 2.24) is 34.4 Å². The van der Waals surface area contributed by atoms with E-state index in [-0.39, 0.29) is 56.2 Å². The zero-order valence-corrected chi connectivity index (χ0v) is 39.5. The van der Waals surface area contributed by atoms with Crippen LogP contribution in [0.1, 0.15) is 64.4 Å². The first kappa shape index (κ1) is 52.0. The molecule has 6 aromatic rings. The Morgan fingerprint density at radius 2 is 1.67 bits per heavy atom. The van der Waals surface area contributed by atoms with Gasteiger partial charge in [0.1, 0.15) is 41.7 Å². The second-order valence-corrected chi connectivity index (χ2v) is 17.2. The summed E-state index contributed by atoms with van der Waals surface area (Å²) in [6.07, 6.45) is 5.21. The molecule has 8 rings (SSSR count). The average Bonchev–Trinajstić information content (AvgIpc) is 4.08. The van der Waals surface area contributed by atoms with Crippen LogP contribution in [0.25, 0.3) is 5.69 Å². The molecule has 0 saturated carbocycles. The molecule has 0 spiro atoms. The predicted molar refractivity (Wildman–Crippen MR) is 253 cm³/mol. The molecule has 2 fully saturated rings. The lowest BCUT2D eigenvalue weighted by molar-refractivity contribution is -0.753. The maximum absolute atomic E-state index is 15.5. The number of nitrogens with zero attached hydrogens (tertiary/aromatic N) is 10. The van der Waals surface area contributed by atoms with Crippen LogP contribution in [0.2, 0.25) is 0 Å². The van der Waals surface area contributed by atoms with Crippen molar-refractivity contribution in [2.24, 2.45) is 5.92 Å². The van der Waals surface area contributed by atoms with Gasteiger partial charge in [-0.2, -0.15) is 9.67 Å². The number of nitrogens with one attached hydrogen (secondary N) is 1. The van der Waals surface area contributed by atoms with Crippen molar-refractivity contribution in [3.63, 3.8) is 0 Å². The van der Waals surface area contributed by atoms with Crippen LogP contribution < -0.4 is 47.4 Å². The molecule has 3 aromatic carbocycles. The van der Waals surface area contributed by atoms with Gasteiger partial charge in [0.25, 0.3) is 6.33 Å². The van der Waals surface area contributed by atoms with Crippen molar-refractivity contribution in [3.05, 3.63) is 137 Å². The van der Waals surface area contributed by atoms with Gasteiger partial charge in [-0.1, -0.05) is 26.5 Å². The van der Waals surface area contributed by atoms with E-state index in [9.17, 15) is 19.1 Å². The van der Waals surface area contributed by atoms with Gasteiger partial charge in [0.15, 0.2) is 0 Å². The van der Waals surface area contributed by atoms with E-state index in [1.165, 1.54) is 38.9 Å². The van der Waals surface area contributed by atoms with Crippen LogP contribution in [0.4, 0.5) is 30.8 Å². The Bertz CT molecular complexity index is 2680. The van der Waals surface area contributed by atoms with Gasteiger partial charge in [0, 0.05) is 92.5 Å². The molecule has 2 saturated heterocycles. The first-order valence-corrected chi connectivity index (χ1v) is 22.6. The molecule has 2 aliphatic rings. The number of ether oxygens (including phenoxy) is 3. The molecule has 3 aromatic heterocycles. The molecule has 0 bridgehead atoms. The minimum atomic E-state index is -1.19. The van der Waals surface area contributed by atoms with E-state index in [1.807, 2.05) is 68.6 Å². The smallest absolute Gasteiger partial charge is 0.418 e. The zero-order chi connectivity index (χ0) is 47.2. The first-order valence-electron chi connectivity index (χ1n) is 22.6. The quantitative estimate of drug-likeness (QED) is 0.129. The molecule has 5 heterocycles. The Balaban J connectivity index is 0.00000391. The monoisotopic (exact) mass is 973 g/mol. The Labute approximate surface area is 407 Å². The molecule has 2 N–H and O–H groups in total. The van der Waals surface area contributed by atoms with Crippen LogP contribution in [0.15, 0.2) is 109 Å². The number of hydrogen-bond donors (Lipinski definition) is 2. The maximum Gasteiger partial charge on any atom is 0.418 e. The van der Waals surface area contributed by atoms with E-state index in [0.29, 0.717) is 43.2 Å². The number of anilines is 3. The van der Waals surface area contributed by atoms with E-state index in [2.05, 4.69) is 30.3 Å². The van der Waals surface area contributed by atoms with Crippen LogP contribution in [-0.4, -0.2) is 99.9 Å². The molecule has 5 atom stereocenters. The van der Waals surface area contributed by atoms with Gasteiger partial charge in [-0.05, 0) is 87.5 Å². The number of carbonyl (C=O) groups is 1. The number of aliphatic hydroxyl groups is 1. The summed E-state index contributed by atoms with van der Waals surface area (Å²) < 4.78 is 54.2. The summed E-state index contributed by atoms with van der Waals surface area (Å²) in [6.45, 7) is 9.76. The third-order valence-corrected chi connectivity index (χ3v) is 12.6. The highest BCUT2D eigenvalue weighted by Gasteiger charge is 2.46. The molecule has 1 amide bonds. The standard InChI is InChI=1S/C48H58F2N11O6.CH4.ClH/c1-6-44(33(2)62)61-46(63)60(31-54-61)40-12-10-38(11-13-40)56-20-22-57(23-21-56)39-14-16-41(17-15-39)65-27-35-25-48(66-28-35,42-18-9-37(49)24-43(42)50)29-59-32-58(30-53-59)34(3)67-47(64)55(5)45-36(26-51-4)8-7-19-52-45;;/h7-19,24,30-35,44,51,62H,6,20-23,25-29H2,1-5H3;1H4;1H/q+1;;/p-1/t33-,34?,35+,44-,48-;;/m0../s1. The van der Waals surface area contributed by atoms with Crippen molar-refractivity contribution in [3.8, 4) is 11.4 Å². The summed E-state index contributed by atoms with van der Waals surface area (Å²) in [5, 5.41) is 22.0. The van der Waals surface area contributed by atoms with E-state index < -0.39 is 35.7 Å². The fraction of sp³-hybridized carbons (Fsp3) is 0.429. The molecule has 0 aliphatic carbocycles. The molecule has 0 radical (unpaired) electrons. The molecule has 20 heteroatoms. The first-order chi connectivity index (χ1) is 32.4. The minimum absolute atomic E-state index is 0. The number of amides is 1. The number of aromatic nitrogens is 7. The SMILES string of the molecule is C.CC[C@@H]([C@H](C)O)n1ncn(-c2ccc(N3CCN(c4ccc(OC[C@@H]5CO[C@@](Cn6c[n+](C(C)OC(=O)N(C)c7ncccc7CNC)cn6)(c6ccc(F)cc6F)C5)cc4)CC3)cc2)c1=O.[Cl-]. The van der Waals surface area contributed by atoms with Crippen LogP contribution in [-0.2, 0) is 28.2 Å². The fourth-order valence-electron chi connectivity index (χ4n) is 8.97. The van der Waals surface area contributed by atoms with E-state index in [0.717, 1.165) is 49.2 Å². The summed E-state index contributed by atoms with van der Waals surface area (Å²) in [5.41, 5.74) is 2.44. The van der Waals surface area contributed by atoms with E-state index in [1.54, 1.807) is 48.7 Å². The van der Waals surface area contributed by atoms with Gasteiger partial charge in [0.05, 0.1) is 31.0 Å². The zero-order valence-electron chi connectivity index (χ0n) is 38.8. The van der Waals surface area contributed by atoms with Crippen molar-refractivity contribution in [2.45, 2.75) is 78.1 Å². The fourth-order valence-corrected chi connectivity index (χ4v) is 8.97. The molecule has 370 valence electrons. The van der Waals surface area contributed by atoms with Crippen LogP contribution in [0.5, 0.6) is 5.75 Å². The van der Waals surface area contributed by atoms with Gasteiger partial charge < -0.3 is 46.8 Å². The molecule has 17 nitrogen and oxygen atoms in total. The van der Waals surface area contributed by atoms with Crippen molar-refractivity contribution in [1.29, 1.82) is 0 Å². The number of benzene rings is 3. The summed E-state index contributed by atoms with van der Waals surface area (Å²) in [5.74, 6) is -0.358. The second-order valence-electron chi connectivity index (χ2n) is 17.2. The topological polar surface area (TPSA) is 161 Å². The summed E-state index contributed by atoms with van der Waals surface area (Å²) in [4.78, 5) is 36.6. The Kier molecular flexibility index (Phi) is 17.2. The summed E-state index contributed by atoms with van der Waals surface area (Å²) in [6, 6.07) is 22.7. The van der Waals surface area contributed by atoms with Crippen molar-refractivity contribution >= 4 is 23.3 Å². The molecule has 69 heavy (non-hydrogen) atoms. The number of hydrogen-bond acceptors (Lipinski definition) is 12. The number of aliphatic hydroxyl groups excluding tert-OH is 1. The van der Waals surface area contributed by atoms with Gasteiger partial charge in [-0.15, -0.1) is 4.68 Å². The highest BCUT2D eigenvalue weighted by Crippen LogP contribution is 2.42. The minimum Gasteiger partial charge on any atom is -1.00 e. The van der Waals surface area contributed by atoms with Gasteiger partial charge in [-0.25, -0.2) is 32.6 Å². The van der Waals surface area contributed by atoms with Gasteiger partial charge in [-0.3, -0.25) is 4.90 Å². The normalized spacial score (nSPS) is 18.2. The molecule has 2 aliphatic heterocycles. The van der Waals surface area contributed by atoms with E-state index >= 15 is 4.39 Å². The number of piperazine rings is 1. The number of halogens is 3. The third-order valence-electron chi connectivity index (χ3n) is 12.6. The maximum atomic E-state index is 15.5. The van der Waals surface area contributed by atoms with Gasteiger partial charge >= 0.3 is 11.8 Å². The van der Waals surface area contributed by atoms with E-state index in [4.69, 9.17) is 14.2 Å². The lowest BCUT2D eigenvalue weighted by Crippen LogP contribution is -3.00. The molecular weight excluding hydrogens is 912 g/mol. The average molecular weight is 975 g/mol. The predicted octanol–water partition coefficient (Wildman–Crippen LogP) is 3.01. The largest absolute Gasteiger partial charge is 1.00 e. The number of carbonyl (C=O) groups excluding carboxylic acids is 1. The third kappa shape index (κ3) is 11.6. The highest BCUT2D eigenvalue weighted by atomic mass is 35.5. The summed E-state index contributed by atoms with van der Waals surface area (Å²) in [7, 11) is 3.41. The number of pyridine rings is 1. The molecular formula is C49H62ClF2N11O6. The Morgan fingerprint density at radius 1 is 1.00 bits per heavy atom. The van der Waals surface area contributed by atoms with Gasteiger partial charge in [0.2, 0.25) is 12.6 Å². The Morgan fingerprint density at radius 3 is 2.30 bits per heavy atom. The van der Waals surface area contributed by atoms with Crippen molar-refractivity contribution in [2.75, 3.05) is 68.2 Å². The second kappa shape index (κ2) is 22.8. The highest BCUT2D eigenvalue weighted by molar-refractivity contribution is 5.86. The van der Waals surface area contributed by atoms with Crippen LogP contribution in [0.3, 0.4) is 0 Å². The van der Waals surface area contributed by atoms with Crippen LogP contribution in [0, 0.1) is 17.6 Å².